The van der Waals surface area contributed by atoms with E-state index in [2.05, 4.69) is 5.32 Å². The highest BCUT2D eigenvalue weighted by atomic mass is 35.5. The Labute approximate surface area is 157 Å². The Morgan fingerprint density at radius 2 is 1.81 bits per heavy atom. The van der Waals surface area contributed by atoms with E-state index in [1.807, 2.05) is 0 Å². The van der Waals surface area contributed by atoms with Gasteiger partial charge in [0.2, 0.25) is 10.0 Å². The number of ether oxygens (including phenoxy) is 2. The van der Waals surface area contributed by atoms with Crippen LogP contribution in [0.2, 0.25) is 5.02 Å². The number of nitrogens with zero attached hydrogens (tertiary/aromatic N) is 1. The van der Waals surface area contributed by atoms with Crippen molar-refractivity contribution in [3.63, 3.8) is 0 Å². The van der Waals surface area contributed by atoms with Gasteiger partial charge < -0.3 is 14.8 Å². The van der Waals surface area contributed by atoms with Crippen LogP contribution in [0.1, 0.15) is 0 Å². The average Bonchev–Trinajstić information content (AvgIpc) is 2.61. The van der Waals surface area contributed by atoms with Gasteiger partial charge in [0, 0.05) is 19.8 Å². The van der Waals surface area contributed by atoms with Crippen molar-refractivity contribution in [2.45, 2.75) is 4.90 Å². The van der Waals surface area contributed by atoms with E-state index in [1.54, 1.807) is 24.3 Å². The molecule has 1 amide bonds. The number of anilines is 1. The molecular formula is C17H19ClN2O5S. The van der Waals surface area contributed by atoms with Crippen LogP contribution in [0.25, 0.3) is 0 Å². The molecule has 0 aliphatic heterocycles. The van der Waals surface area contributed by atoms with E-state index >= 15 is 0 Å². The summed E-state index contributed by atoms with van der Waals surface area (Å²) in [7, 11) is 0.576. The van der Waals surface area contributed by atoms with Gasteiger partial charge in [-0.1, -0.05) is 23.7 Å². The number of hydrogen-bond acceptors (Lipinski definition) is 5. The molecule has 2 aromatic carbocycles. The van der Waals surface area contributed by atoms with E-state index in [1.165, 1.54) is 39.4 Å². The van der Waals surface area contributed by atoms with E-state index in [-0.39, 0.29) is 16.5 Å². The first-order chi connectivity index (χ1) is 12.3. The van der Waals surface area contributed by atoms with E-state index in [0.717, 1.165) is 4.31 Å². The lowest BCUT2D eigenvalue weighted by atomic mass is 10.3. The van der Waals surface area contributed by atoms with Gasteiger partial charge in [-0.25, -0.2) is 12.7 Å². The fourth-order valence-corrected chi connectivity index (χ4v) is 3.45. The molecular weight excluding hydrogens is 380 g/mol. The molecule has 26 heavy (non-hydrogen) atoms. The summed E-state index contributed by atoms with van der Waals surface area (Å²) in [5, 5.41) is 2.65. The van der Waals surface area contributed by atoms with E-state index in [0.29, 0.717) is 17.2 Å². The average molecular weight is 399 g/mol. The number of rotatable bonds is 7. The minimum atomic E-state index is -3.73. The zero-order valence-electron chi connectivity index (χ0n) is 14.5. The first-order valence-electron chi connectivity index (χ1n) is 7.53. The van der Waals surface area contributed by atoms with Gasteiger partial charge >= 0.3 is 0 Å². The number of sulfonamides is 1. The molecule has 0 aliphatic rings. The zero-order chi connectivity index (χ0) is 19.3. The number of benzene rings is 2. The fraction of sp³-hybridized carbons (Fsp3) is 0.235. The third-order valence-electron chi connectivity index (χ3n) is 3.40. The Morgan fingerprint density at radius 3 is 2.42 bits per heavy atom. The SMILES string of the molecule is COc1ccccc1OCC(=O)Nc1ccc(Cl)c(S(=O)(=O)N(C)C)c1. The van der Waals surface area contributed by atoms with Crippen LogP contribution in [0.5, 0.6) is 11.5 Å². The second-order valence-corrected chi connectivity index (χ2v) is 7.95. The van der Waals surface area contributed by atoms with Crippen molar-refractivity contribution in [3.8, 4) is 11.5 Å². The molecule has 0 atom stereocenters. The van der Waals surface area contributed by atoms with Crippen LogP contribution in [0, 0.1) is 0 Å². The number of halogens is 1. The monoisotopic (exact) mass is 398 g/mol. The minimum absolute atomic E-state index is 0.0713. The second-order valence-electron chi connectivity index (χ2n) is 5.42. The molecule has 0 saturated carbocycles. The summed E-state index contributed by atoms with van der Waals surface area (Å²) >= 11 is 5.98. The highest BCUT2D eigenvalue weighted by Gasteiger charge is 2.21. The van der Waals surface area contributed by atoms with E-state index in [9.17, 15) is 13.2 Å². The molecule has 9 heteroatoms. The van der Waals surface area contributed by atoms with Gasteiger partial charge in [0.25, 0.3) is 5.91 Å². The Hall–Kier alpha value is -2.29. The number of nitrogens with one attached hydrogen (secondary N) is 1. The van der Waals surface area contributed by atoms with Crippen LogP contribution in [0.4, 0.5) is 5.69 Å². The molecule has 0 bridgehead atoms. The third kappa shape index (κ3) is 4.66. The standard InChI is InChI=1S/C17H19ClN2O5S/c1-20(2)26(22,23)16-10-12(8-9-13(16)18)19-17(21)11-25-15-7-5-4-6-14(15)24-3/h4-10H,11H2,1-3H3,(H,19,21). The summed E-state index contributed by atoms with van der Waals surface area (Å²) < 4.78 is 36.1. The van der Waals surface area contributed by atoms with Crippen LogP contribution in [0.15, 0.2) is 47.4 Å². The van der Waals surface area contributed by atoms with Gasteiger partial charge in [-0.05, 0) is 30.3 Å². The van der Waals surface area contributed by atoms with Crippen molar-refractivity contribution in [2.75, 3.05) is 33.1 Å². The van der Waals surface area contributed by atoms with Crippen LogP contribution in [0.3, 0.4) is 0 Å². The number of hydrogen-bond donors (Lipinski definition) is 1. The molecule has 0 aliphatic carbocycles. The van der Waals surface area contributed by atoms with Crippen LogP contribution >= 0.6 is 11.6 Å². The van der Waals surface area contributed by atoms with Gasteiger partial charge in [0.1, 0.15) is 4.90 Å². The number of para-hydroxylation sites is 2. The Bertz CT molecular complexity index is 900. The molecule has 0 fully saturated rings. The number of carbonyl (C=O) groups is 1. The molecule has 0 heterocycles. The summed E-state index contributed by atoms with van der Waals surface area (Å²) in [6.45, 7) is -0.265. The molecule has 0 unspecified atom stereocenters. The normalized spacial score (nSPS) is 11.3. The summed E-state index contributed by atoms with van der Waals surface area (Å²) in [4.78, 5) is 12.0. The molecule has 0 aromatic heterocycles. The summed E-state index contributed by atoms with van der Waals surface area (Å²) in [6, 6.07) is 11.2. The molecule has 7 nitrogen and oxygen atoms in total. The summed E-state index contributed by atoms with van der Waals surface area (Å²) in [5.41, 5.74) is 0.295. The fourth-order valence-electron chi connectivity index (χ4n) is 2.05. The van der Waals surface area contributed by atoms with Crippen LogP contribution in [-0.2, 0) is 14.8 Å². The Morgan fingerprint density at radius 1 is 1.15 bits per heavy atom. The summed E-state index contributed by atoms with van der Waals surface area (Å²) in [5.74, 6) is 0.481. The van der Waals surface area contributed by atoms with E-state index < -0.39 is 15.9 Å². The lowest BCUT2D eigenvalue weighted by Gasteiger charge is -2.14. The smallest absolute Gasteiger partial charge is 0.262 e. The Balaban J connectivity index is 2.10. The van der Waals surface area contributed by atoms with Gasteiger partial charge in [-0.2, -0.15) is 0 Å². The molecule has 0 saturated heterocycles. The van der Waals surface area contributed by atoms with Crippen molar-refractivity contribution in [2.24, 2.45) is 0 Å². The van der Waals surface area contributed by atoms with Crippen LogP contribution < -0.4 is 14.8 Å². The first-order valence-corrected chi connectivity index (χ1v) is 9.35. The molecule has 2 aromatic rings. The van der Waals surface area contributed by atoms with Crippen molar-refractivity contribution in [3.05, 3.63) is 47.5 Å². The number of methoxy groups -OCH3 is 1. The maximum absolute atomic E-state index is 12.3. The largest absolute Gasteiger partial charge is 0.493 e. The molecule has 2 rings (SSSR count). The van der Waals surface area contributed by atoms with Gasteiger partial charge in [-0.3, -0.25) is 4.79 Å². The van der Waals surface area contributed by atoms with Gasteiger partial charge in [0.05, 0.1) is 12.1 Å². The van der Waals surface area contributed by atoms with Crippen molar-refractivity contribution in [1.82, 2.24) is 4.31 Å². The van der Waals surface area contributed by atoms with Crippen LogP contribution in [-0.4, -0.2) is 46.4 Å². The zero-order valence-corrected chi connectivity index (χ0v) is 16.1. The molecule has 1 N–H and O–H groups in total. The minimum Gasteiger partial charge on any atom is -0.493 e. The predicted molar refractivity (Wildman–Crippen MR) is 99.4 cm³/mol. The maximum Gasteiger partial charge on any atom is 0.262 e. The highest BCUT2D eigenvalue weighted by Crippen LogP contribution is 2.27. The predicted octanol–water partition coefficient (Wildman–Crippen LogP) is 2.62. The Kier molecular flexibility index (Phi) is 6.47. The van der Waals surface area contributed by atoms with Gasteiger partial charge in [0.15, 0.2) is 18.1 Å². The number of carbonyl (C=O) groups excluding carboxylic acids is 1. The summed E-state index contributed by atoms with van der Waals surface area (Å²) in [6.07, 6.45) is 0. The maximum atomic E-state index is 12.3. The molecule has 140 valence electrons. The van der Waals surface area contributed by atoms with Crippen molar-refractivity contribution in [1.29, 1.82) is 0 Å². The van der Waals surface area contributed by atoms with Crippen molar-refractivity contribution < 1.29 is 22.7 Å². The lowest BCUT2D eigenvalue weighted by molar-refractivity contribution is -0.118. The highest BCUT2D eigenvalue weighted by molar-refractivity contribution is 7.89. The topological polar surface area (TPSA) is 84.9 Å². The third-order valence-corrected chi connectivity index (χ3v) is 5.70. The second kappa shape index (κ2) is 8.39. The van der Waals surface area contributed by atoms with Crippen molar-refractivity contribution >= 4 is 33.2 Å². The van der Waals surface area contributed by atoms with Gasteiger partial charge in [-0.15, -0.1) is 0 Å². The molecule has 0 radical (unpaired) electrons. The van der Waals surface area contributed by atoms with E-state index in [4.69, 9.17) is 21.1 Å². The first kappa shape index (κ1) is 20.0. The quantitative estimate of drug-likeness (QED) is 0.774. The lowest BCUT2D eigenvalue weighted by Crippen LogP contribution is -2.23. The molecule has 0 spiro atoms. The number of amides is 1.